The van der Waals surface area contributed by atoms with Crippen LogP contribution in [0.4, 0.5) is 22.2 Å². The molecule has 1 aliphatic carbocycles. The Morgan fingerprint density at radius 2 is 1.71 bits per heavy atom. The lowest BCUT2D eigenvalue weighted by Crippen LogP contribution is -2.42. The normalized spacial score (nSPS) is 18.7. The molecule has 1 aromatic heterocycles. The van der Waals surface area contributed by atoms with Crippen LogP contribution in [0, 0.1) is 0 Å². The van der Waals surface area contributed by atoms with Crippen molar-refractivity contribution in [3.8, 4) is 0 Å². The van der Waals surface area contributed by atoms with E-state index in [0.717, 1.165) is 31.4 Å². The zero-order valence-corrected chi connectivity index (χ0v) is 18.1. The van der Waals surface area contributed by atoms with Crippen molar-refractivity contribution in [1.82, 2.24) is 15.3 Å². The molecule has 0 radical (unpaired) electrons. The van der Waals surface area contributed by atoms with E-state index in [4.69, 9.17) is 10.5 Å². The van der Waals surface area contributed by atoms with Crippen molar-refractivity contribution < 1.29 is 14.3 Å². The van der Waals surface area contributed by atoms with Crippen molar-refractivity contribution in [2.24, 2.45) is 5.73 Å². The number of para-hydroxylation sites is 1. The quantitative estimate of drug-likeness (QED) is 0.555. The minimum absolute atomic E-state index is 0.0595. The number of ether oxygens (including phenoxy) is 1. The molecule has 31 heavy (non-hydrogen) atoms. The van der Waals surface area contributed by atoms with Crippen molar-refractivity contribution in [2.45, 2.75) is 64.1 Å². The van der Waals surface area contributed by atoms with Gasteiger partial charge < -0.3 is 26.4 Å². The van der Waals surface area contributed by atoms with Gasteiger partial charge in [-0.2, -0.15) is 4.98 Å². The summed E-state index contributed by atoms with van der Waals surface area (Å²) in [6.45, 7) is 5.52. The molecular weight excluding hydrogens is 396 g/mol. The second-order valence-electron chi connectivity index (χ2n) is 8.65. The summed E-state index contributed by atoms with van der Waals surface area (Å²) in [6, 6.07) is 9.70. The average Bonchev–Trinajstić information content (AvgIpc) is 2.69. The molecule has 0 aliphatic heterocycles. The standard InChI is InChI=1S/C22H30N6O3/c1-22(2,3)31-21(30)27-16-11-9-15(10-12-16)25-19-17(18(23)29)13-24-20(28-19)26-14-7-5-4-6-8-14/h4-8,13,15-16H,9-12H2,1-3H3,(H2,23,29)(H,27,30)(H2,24,25,26,28). The van der Waals surface area contributed by atoms with Crippen molar-refractivity contribution in [2.75, 3.05) is 10.6 Å². The van der Waals surface area contributed by atoms with Gasteiger partial charge in [0.1, 0.15) is 11.4 Å². The van der Waals surface area contributed by atoms with E-state index in [1.807, 2.05) is 51.1 Å². The molecule has 9 heteroatoms. The molecule has 0 bridgehead atoms. The third-order valence-electron chi connectivity index (χ3n) is 4.87. The van der Waals surface area contributed by atoms with Gasteiger partial charge in [-0.3, -0.25) is 4.79 Å². The number of rotatable bonds is 6. The van der Waals surface area contributed by atoms with Crippen molar-refractivity contribution in [3.05, 3.63) is 42.1 Å². The molecule has 9 nitrogen and oxygen atoms in total. The highest BCUT2D eigenvalue weighted by Gasteiger charge is 2.26. The van der Waals surface area contributed by atoms with E-state index in [-0.39, 0.29) is 17.6 Å². The molecular formula is C22H30N6O3. The number of benzene rings is 1. The Balaban J connectivity index is 1.61. The summed E-state index contributed by atoms with van der Waals surface area (Å²) in [5, 5.41) is 9.38. The average molecular weight is 427 g/mol. The van der Waals surface area contributed by atoms with Crippen molar-refractivity contribution >= 4 is 29.5 Å². The largest absolute Gasteiger partial charge is 0.444 e. The third-order valence-corrected chi connectivity index (χ3v) is 4.87. The van der Waals surface area contributed by atoms with Crippen LogP contribution in [-0.2, 0) is 4.74 Å². The molecule has 3 rings (SSSR count). The van der Waals surface area contributed by atoms with Gasteiger partial charge in [0.2, 0.25) is 5.95 Å². The van der Waals surface area contributed by atoms with Crippen molar-refractivity contribution in [1.29, 1.82) is 0 Å². The highest BCUT2D eigenvalue weighted by molar-refractivity contribution is 5.97. The van der Waals surface area contributed by atoms with Crippen LogP contribution in [0.3, 0.4) is 0 Å². The van der Waals surface area contributed by atoms with Crippen LogP contribution in [-0.4, -0.2) is 39.7 Å². The van der Waals surface area contributed by atoms with Gasteiger partial charge in [-0.15, -0.1) is 0 Å². The first-order valence-electron chi connectivity index (χ1n) is 10.4. The molecule has 1 aromatic carbocycles. The lowest BCUT2D eigenvalue weighted by atomic mass is 9.91. The lowest BCUT2D eigenvalue weighted by Gasteiger charge is -2.31. The number of carbonyl (C=O) groups excluding carboxylic acids is 2. The molecule has 0 atom stereocenters. The summed E-state index contributed by atoms with van der Waals surface area (Å²) in [6.07, 6.45) is 4.24. The first-order chi connectivity index (χ1) is 14.7. The number of carbonyl (C=O) groups is 2. The zero-order chi connectivity index (χ0) is 22.4. The van der Waals surface area contributed by atoms with Gasteiger partial charge >= 0.3 is 6.09 Å². The lowest BCUT2D eigenvalue weighted by molar-refractivity contribution is 0.0492. The minimum Gasteiger partial charge on any atom is -0.444 e. The molecule has 2 amide bonds. The zero-order valence-electron chi connectivity index (χ0n) is 18.1. The van der Waals surface area contributed by atoms with E-state index in [9.17, 15) is 9.59 Å². The monoisotopic (exact) mass is 426 g/mol. The topological polar surface area (TPSA) is 131 Å². The minimum atomic E-state index is -0.589. The fraction of sp³-hybridized carbons (Fsp3) is 0.455. The van der Waals surface area contributed by atoms with E-state index in [0.29, 0.717) is 11.8 Å². The molecule has 0 unspecified atom stereocenters. The summed E-state index contributed by atoms with van der Waals surface area (Å²) >= 11 is 0. The van der Waals surface area contributed by atoms with E-state index < -0.39 is 17.6 Å². The van der Waals surface area contributed by atoms with E-state index in [1.54, 1.807) is 0 Å². The Kier molecular flexibility index (Phi) is 6.94. The number of nitrogens with one attached hydrogen (secondary N) is 3. The summed E-state index contributed by atoms with van der Waals surface area (Å²) in [4.78, 5) is 32.5. The Morgan fingerprint density at radius 3 is 2.32 bits per heavy atom. The number of aromatic nitrogens is 2. The maximum atomic E-state index is 12.0. The molecule has 1 fully saturated rings. The number of hydrogen-bond donors (Lipinski definition) is 4. The number of anilines is 3. The number of alkyl carbamates (subject to hydrolysis) is 1. The second-order valence-corrected chi connectivity index (χ2v) is 8.65. The highest BCUT2D eigenvalue weighted by Crippen LogP contribution is 2.24. The van der Waals surface area contributed by atoms with Crippen LogP contribution in [0.1, 0.15) is 56.8 Å². The third kappa shape index (κ3) is 6.84. The second kappa shape index (κ2) is 9.63. The van der Waals surface area contributed by atoms with Gasteiger partial charge in [-0.05, 0) is 58.6 Å². The first kappa shape index (κ1) is 22.3. The smallest absolute Gasteiger partial charge is 0.407 e. The van der Waals surface area contributed by atoms with Crippen LogP contribution < -0.4 is 21.7 Å². The Hall–Kier alpha value is -3.36. The number of primary amides is 1. The van der Waals surface area contributed by atoms with Crippen LogP contribution in [0.2, 0.25) is 0 Å². The number of nitrogens with zero attached hydrogens (tertiary/aromatic N) is 2. The number of nitrogens with two attached hydrogens (primary N) is 1. The number of hydrogen-bond acceptors (Lipinski definition) is 7. The first-order valence-corrected chi connectivity index (χ1v) is 10.4. The predicted octanol–water partition coefficient (Wildman–Crippen LogP) is 3.57. The van der Waals surface area contributed by atoms with Gasteiger partial charge in [0, 0.05) is 24.0 Å². The van der Waals surface area contributed by atoms with Crippen LogP contribution in [0.15, 0.2) is 36.5 Å². The van der Waals surface area contributed by atoms with E-state index in [1.165, 1.54) is 6.20 Å². The fourth-order valence-corrected chi connectivity index (χ4v) is 3.43. The molecule has 166 valence electrons. The molecule has 0 saturated heterocycles. The Bertz CT molecular complexity index is 905. The Labute approximate surface area is 182 Å². The summed E-state index contributed by atoms with van der Waals surface area (Å²) < 4.78 is 5.33. The summed E-state index contributed by atoms with van der Waals surface area (Å²) in [5.41, 5.74) is 6.07. The van der Waals surface area contributed by atoms with Gasteiger partial charge in [0.15, 0.2) is 0 Å². The molecule has 2 aromatic rings. The molecule has 0 spiro atoms. The van der Waals surface area contributed by atoms with Gasteiger partial charge in [0.05, 0.1) is 5.56 Å². The van der Waals surface area contributed by atoms with Gasteiger partial charge in [0.25, 0.3) is 5.91 Å². The molecule has 5 N–H and O–H groups in total. The molecule has 1 aliphatic rings. The molecule has 1 saturated carbocycles. The van der Waals surface area contributed by atoms with E-state index >= 15 is 0 Å². The number of amides is 2. The van der Waals surface area contributed by atoms with Gasteiger partial charge in [-0.25, -0.2) is 9.78 Å². The maximum absolute atomic E-state index is 12.0. The van der Waals surface area contributed by atoms with Crippen LogP contribution >= 0.6 is 0 Å². The highest BCUT2D eigenvalue weighted by atomic mass is 16.6. The summed E-state index contributed by atoms with van der Waals surface area (Å²) in [7, 11) is 0. The van der Waals surface area contributed by atoms with Gasteiger partial charge in [-0.1, -0.05) is 18.2 Å². The maximum Gasteiger partial charge on any atom is 0.407 e. The van der Waals surface area contributed by atoms with Crippen molar-refractivity contribution in [3.63, 3.8) is 0 Å². The predicted molar refractivity (Wildman–Crippen MR) is 119 cm³/mol. The molecule has 1 heterocycles. The Morgan fingerprint density at radius 1 is 1.06 bits per heavy atom. The summed E-state index contributed by atoms with van der Waals surface area (Å²) in [5.74, 6) is 0.192. The van der Waals surface area contributed by atoms with Crippen LogP contribution in [0.5, 0.6) is 0 Å². The van der Waals surface area contributed by atoms with E-state index in [2.05, 4.69) is 25.9 Å². The van der Waals surface area contributed by atoms with Crippen LogP contribution in [0.25, 0.3) is 0 Å². The fourth-order valence-electron chi connectivity index (χ4n) is 3.43. The SMILES string of the molecule is CC(C)(C)OC(=O)NC1CCC(Nc2nc(Nc3ccccc3)ncc2C(N)=O)CC1.